The van der Waals surface area contributed by atoms with Gasteiger partial charge in [-0.2, -0.15) is 5.10 Å². The molecule has 1 heterocycles. The average Bonchev–Trinajstić information content (AvgIpc) is 2.59. The topological polar surface area (TPSA) is 39.3 Å². The second kappa shape index (κ2) is 7.41. The molecule has 0 radical (unpaired) electrons. The van der Waals surface area contributed by atoms with E-state index in [4.69, 9.17) is 0 Å². The largest absolute Gasteiger partial charge is 0.340 e. The number of nitrogens with one attached hydrogen (secondary N) is 1. The third-order valence-corrected chi connectivity index (χ3v) is 4.21. The Morgan fingerprint density at radius 1 is 0.958 bits per heavy atom. The predicted octanol–water partition coefficient (Wildman–Crippen LogP) is 1.52. The SMILES string of the molecule is C[NH+](C)CCCn1nc(Cc2ccccc2)c2ccccc2c1=O. The molecule has 0 aliphatic carbocycles. The number of rotatable bonds is 6. The number of hydrogen-bond acceptors (Lipinski definition) is 2. The van der Waals surface area contributed by atoms with Gasteiger partial charge in [0.05, 0.1) is 38.3 Å². The van der Waals surface area contributed by atoms with Gasteiger partial charge in [-0.15, -0.1) is 0 Å². The van der Waals surface area contributed by atoms with Crippen molar-refractivity contribution in [3.05, 3.63) is 76.2 Å². The lowest BCUT2D eigenvalue weighted by Gasteiger charge is -2.12. The van der Waals surface area contributed by atoms with Crippen molar-refractivity contribution >= 4 is 10.8 Å². The Morgan fingerprint density at radius 3 is 2.33 bits per heavy atom. The second-order valence-electron chi connectivity index (χ2n) is 6.49. The number of nitrogens with zero attached hydrogens (tertiary/aromatic N) is 2. The molecule has 1 aromatic heterocycles. The summed E-state index contributed by atoms with van der Waals surface area (Å²) in [5.41, 5.74) is 2.18. The predicted molar refractivity (Wildman–Crippen MR) is 97.5 cm³/mol. The van der Waals surface area contributed by atoms with Gasteiger partial charge >= 0.3 is 0 Å². The zero-order chi connectivity index (χ0) is 16.9. The summed E-state index contributed by atoms with van der Waals surface area (Å²) in [7, 11) is 4.24. The third kappa shape index (κ3) is 3.71. The van der Waals surface area contributed by atoms with E-state index in [1.807, 2.05) is 42.5 Å². The van der Waals surface area contributed by atoms with Crippen molar-refractivity contribution in [3.8, 4) is 0 Å². The van der Waals surface area contributed by atoms with E-state index in [1.54, 1.807) is 4.68 Å². The zero-order valence-electron chi connectivity index (χ0n) is 14.3. The molecule has 1 N–H and O–H groups in total. The van der Waals surface area contributed by atoms with Crippen molar-refractivity contribution in [2.75, 3.05) is 20.6 Å². The molecule has 3 aromatic rings. The quantitative estimate of drug-likeness (QED) is 0.747. The van der Waals surface area contributed by atoms with Gasteiger partial charge in [-0.1, -0.05) is 48.5 Å². The Hall–Kier alpha value is -2.46. The van der Waals surface area contributed by atoms with Gasteiger partial charge in [-0.3, -0.25) is 4.79 Å². The summed E-state index contributed by atoms with van der Waals surface area (Å²) in [6, 6.07) is 18.1. The van der Waals surface area contributed by atoms with Crippen LogP contribution < -0.4 is 10.5 Å². The fraction of sp³-hybridized carbons (Fsp3) is 0.300. The Labute approximate surface area is 142 Å². The molecule has 0 spiro atoms. The van der Waals surface area contributed by atoms with E-state index in [-0.39, 0.29) is 5.56 Å². The van der Waals surface area contributed by atoms with Crippen LogP contribution in [0.3, 0.4) is 0 Å². The lowest BCUT2D eigenvalue weighted by atomic mass is 10.0. The fourth-order valence-corrected chi connectivity index (χ4v) is 2.96. The highest BCUT2D eigenvalue weighted by Crippen LogP contribution is 2.16. The lowest BCUT2D eigenvalue weighted by molar-refractivity contribution is -0.858. The van der Waals surface area contributed by atoms with Gasteiger partial charge in [-0.05, 0) is 11.6 Å². The molecular weight excluding hydrogens is 298 g/mol. The minimum absolute atomic E-state index is 0.0103. The summed E-state index contributed by atoms with van der Waals surface area (Å²) in [5.74, 6) is 0. The van der Waals surface area contributed by atoms with Crippen LogP contribution in [0, 0.1) is 0 Å². The van der Waals surface area contributed by atoms with E-state index in [2.05, 4.69) is 31.3 Å². The number of quaternary nitrogens is 1. The van der Waals surface area contributed by atoms with Crippen molar-refractivity contribution < 1.29 is 4.90 Å². The van der Waals surface area contributed by atoms with Crippen LogP contribution in [0.4, 0.5) is 0 Å². The average molecular weight is 322 g/mol. The summed E-state index contributed by atoms with van der Waals surface area (Å²) in [6.07, 6.45) is 1.68. The van der Waals surface area contributed by atoms with Gasteiger partial charge in [0.2, 0.25) is 0 Å². The number of aromatic nitrogens is 2. The molecule has 0 aliphatic heterocycles. The van der Waals surface area contributed by atoms with Crippen molar-refractivity contribution in [2.45, 2.75) is 19.4 Å². The summed E-state index contributed by atoms with van der Waals surface area (Å²) in [6.45, 7) is 1.69. The maximum Gasteiger partial charge on any atom is 0.274 e. The Morgan fingerprint density at radius 2 is 1.62 bits per heavy atom. The lowest BCUT2D eigenvalue weighted by Crippen LogP contribution is -3.05. The minimum Gasteiger partial charge on any atom is -0.340 e. The Bertz CT molecular complexity index is 869. The van der Waals surface area contributed by atoms with Crippen LogP contribution in [-0.4, -0.2) is 30.4 Å². The molecule has 4 nitrogen and oxygen atoms in total. The first kappa shape index (κ1) is 16.4. The molecular formula is C20H24N3O+. The van der Waals surface area contributed by atoms with Crippen LogP contribution in [0.25, 0.3) is 10.8 Å². The third-order valence-electron chi connectivity index (χ3n) is 4.21. The molecule has 0 saturated carbocycles. The summed E-state index contributed by atoms with van der Waals surface area (Å²) < 4.78 is 1.64. The number of fused-ring (bicyclic) bond motifs is 1. The molecule has 4 heteroatoms. The molecule has 24 heavy (non-hydrogen) atoms. The van der Waals surface area contributed by atoms with E-state index < -0.39 is 0 Å². The molecule has 0 saturated heterocycles. The molecule has 0 fully saturated rings. The van der Waals surface area contributed by atoms with Crippen molar-refractivity contribution in [1.82, 2.24) is 9.78 Å². The van der Waals surface area contributed by atoms with Crippen molar-refractivity contribution in [2.24, 2.45) is 0 Å². The summed E-state index contributed by atoms with van der Waals surface area (Å²) in [5, 5.41) is 6.41. The van der Waals surface area contributed by atoms with E-state index in [0.717, 1.165) is 35.9 Å². The maximum absolute atomic E-state index is 12.7. The summed E-state index contributed by atoms with van der Waals surface area (Å²) >= 11 is 0. The van der Waals surface area contributed by atoms with Crippen molar-refractivity contribution in [1.29, 1.82) is 0 Å². The number of benzene rings is 2. The molecule has 3 rings (SSSR count). The molecule has 2 aromatic carbocycles. The monoisotopic (exact) mass is 322 g/mol. The molecule has 0 amide bonds. The Kier molecular flexibility index (Phi) is 5.06. The van der Waals surface area contributed by atoms with Crippen LogP contribution in [-0.2, 0) is 13.0 Å². The van der Waals surface area contributed by atoms with E-state index in [1.165, 1.54) is 10.5 Å². The zero-order valence-corrected chi connectivity index (χ0v) is 14.3. The van der Waals surface area contributed by atoms with Crippen LogP contribution in [0.2, 0.25) is 0 Å². The van der Waals surface area contributed by atoms with Crippen molar-refractivity contribution in [3.63, 3.8) is 0 Å². The molecule has 0 atom stereocenters. The first-order valence-corrected chi connectivity index (χ1v) is 8.47. The van der Waals surface area contributed by atoms with Gasteiger partial charge in [0.25, 0.3) is 5.56 Å². The van der Waals surface area contributed by atoms with Gasteiger partial charge < -0.3 is 4.90 Å². The fourth-order valence-electron chi connectivity index (χ4n) is 2.96. The van der Waals surface area contributed by atoms with Crippen LogP contribution in [0.1, 0.15) is 17.7 Å². The highest BCUT2D eigenvalue weighted by Gasteiger charge is 2.11. The van der Waals surface area contributed by atoms with E-state index in [0.29, 0.717) is 6.54 Å². The standard InChI is InChI=1S/C20H23N3O/c1-22(2)13-8-14-23-20(24)18-12-7-6-11-17(18)19(21-23)15-16-9-4-3-5-10-16/h3-7,9-12H,8,13-15H2,1-2H3/p+1. The Balaban J connectivity index is 2.00. The van der Waals surface area contributed by atoms with Gasteiger partial charge in [-0.25, -0.2) is 4.68 Å². The van der Waals surface area contributed by atoms with Gasteiger partial charge in [0.15, 0.2) is 0 Å². The number of aryl methyl sites for hydroxylation is 1. The first-order valence-electron chi connectivity index (χ1n) is 8.47. The molecule has 124 valence electrons. The molecule has 0 unspecified atom stereocenters. The highest BCUT2D eigenvalue weighted by atomic mass is 16.1. The normalized spacial score (nSPS) is 11.3. The van der Waals surface area contributed by atoms with Gasteiger partial charge in [0.1, 0.15) is 0 Å². The first-order chi connectivity index (χ1) is 11.6. The highest BCUT2D eigenvalue weighted by molar-refractivity contribution is 5.83. The summed E-state index contributed by atoms with van der Waals surface area (Å²) in [4.78, 5) is 14.1. The van der Waals surface area contributed by atoms with Crippen LogP contribution >= 0.6 is 0 Å². The molecule has 0 aliphatic rings. The van der Waals surface area contributed by atoms with Crippen LogP contribution in [0.15, 0.2) is 59.4 Å². The van der Waals surface area contributed by atoms with Gasteiger partial charge in [0, 0.05) is 18.2 Å². The second-order valence-corrected chi connectivity index (χ2v) is 6.49. The number of hydrogen-bond donors (Lipinski definition) is 1. The van der Waals surface area contributed by atoms with Crippen LogP contribution in [0.5, 0.6) is 0 Å². The maximum atomic E-state index is 12.7. The molecule has 0 bridgehead atoms. The minimum atomic E-state index is 0.0103. The van der Waals surface area contributed by atoms with E-state index in [9.17, 15) is 4.79 Å². The van der Waals surface area contributed by atoms with E-state index >= 15 is 0 Å². The smallest absolute Gasteiger partial charge is 0.274 e.